The van der Waals surface area contributed by atoms with E-state index in [1.807, 2.05) is 37.3 Å². The van der Waals surface area contributed by atoms with Crippen LogP contribution in [0, 0.1) is 0 Å². The third kappa shape index (κ3) is 4.09. The summed E-state index contributed by atoms with van der Waals surface area (Å²) in [6.07, 6.45) is 3.04. The summed E-state index contributed by atoms with van der Waals surface area (Å²) in [5.74, 6) is -0.731. The summed E-state index contributed by atoms with van der Waals surface area (Å²) in [5.41, 5.74) is 2.50. The molecule has 23 heavy (non-hydrogen) atoms. The molecular formula is C17H23N3O3. The molecule has 2 N–H and O–H groups in total. The van der Waals surface area contributed by atoms with E-state index in [1.165, 1.54) is 0 Å². The Morgan fingerprint density at radius 3 is 2.61 bits per heavy atom. The Kier molecular flexibility index (Phi) is 5.36. The Morgan fingerprint density at radius 2 is 1.96 bits per heavy atom. The first-order chi connectivity index (χ1) is 11.0. The summed E-state index contributed by atoms with van der Waals surface area (Å²) in [6.45, 7) is 3.66. The summed E-state index contributed by atoms with van der Waals surface area (Å²) < 4.78 is 0. The molecule has 1 fully saturated rings. The third-order valence-electron chi connectivity index (χ3n) is 4.01. The van der Waals surface area contributed by atoms with E-state index in [0.717, 1.165) is 23.4 Å². The second kappa shape index (κ2) is 7.26. The number of amides is 4. The van der Waals surface area contributed by atoms with Gasteiger partial charge in [0.25, 0.3) is 5.91 Å². The number of carbonyl (C=O) groups is 3. The van der Waals surface area contributed by atoms with E-state index in [4.69, 9.17) is 0 Å². The minimum Gasteiger partial charge on any atom is -0.322 e. The van der Waals surface area contributed by atoms with Crippen LogP contribution in [0.1, 0.15) is 45.1 Å². The molecule has 0 aliphatic carbocycles. The first kappa shape index (κ1) is 17.0. The Labute approximate surface area is 136 Å². The number of imide groups is 1. The lowest BCUT2D eigenvalue weighted by molar-refractivity contribution is -0.138. The van der Waals surface area contributed by atoms with Crippen LogP contribution in [0.25, 0.3) is 0 Å². The van der Waals surface area contributed by atoms with E-state index < -0.39 is 17.5 Å². The maximum Gasteiger partial charge on any atom is 0.344 e. The fourth-order valence-electron chi connectivity index (χ4n) is 2.51. The lowest BCUT2D eigenvalue weighted by Crippen LogP contribution is -2.48. The molecule has 0 radical (unpaired) electrons. The van der Waals surface area contributed by atoms with Crippen LogP contribution in [0.15, 0.2) is 30.3 Å². The van der Waals surface area contributed by atoms with Gasteiger partial charge in [-0.25, -0.2) is 4.79 Å². The van der Waals surface area contributed by atoms with Crippen molar-refractivity contribution in [2.75, 3.05) is 0 Å². The number of hydrazine groups is 1. The zero-order valence-corrected chi connectivity index (χ0v) is 13.6. The van der Waals surface area contributed by atoms with E-state index in [0.29, 0.717) is 19.3 Å². The maximum absolute atomic E-state index is 12.5. The topological polar surface area (TPSA) is 78.5 Å². The van der Waals surface area contributed by atoms with Gasteiger partial charge in [0.05, 0.1) is 0 Å². The molecule has 4 amide bonds. The Bertz CT molecular complexity index is 588. The van der Waals surface area contributed by atoms with Gasteiger partial charge in [-0.15, -0.1) is 0 Å². The molecule has 124 valence electrons. The minimum absolute atomic E-state index is 0.300. The highest BCUT2D eigenvalue weighted by atomic mass is 16.2. The molecule has 6 heteroatoms. The molecular weight excluding hydrogens is 294 g/mol. The number of benzene rings is 1. The molecule has 1 aromatic rings. The Hall–Kier alpha value is -2.37. The smallest absolute Gasteiger partial charge is 0.322 e. The van der Waals surface area contributed by atoms with Gasteiger partial charge in [0.2, 0.25) is 5.91 Å². The predicted molar refractivity (Wildman–Crippen MR) is 86.2 cm³/mol. The fourth-order valence-corrected chi connectivity index (χ4v) is 2.51. The van der Waals surface area contributed by atoms with Gasteiger partial charge in [-0.1, -0.05) is 43.7 Å². The van der Waals surface area contributed by atoms with Crippen molar-refractivity contribution >= 4 is 17.8 Å². The predicted octanol–water partition coefficient (Wildman–Crippen LogP) is 2.15. The number of carbonyl (C=O) groups excluding carboxylic acids is 3. The standard InChI is InChI=1S/C17H23N3O3/c1-3-4-10-14(21)19-20-15(22)17(2,18-16(20)23)12-11-13-8-6-5-7-9-13/h5-9H,3-4,10-12H2,1-2H3,(H,18,23)(H,19,21). The van der Waals surface area contributed by atoms with E-state index in [9.17, 15) is 14.4 Å². The van der Waals surface area contributed by atoms with Gasteiger partial charge in [0, 0.05) is 6.42 Å². The zero-order valence-electron chi connectivity index (χ0n) is 13.6. The first-order valence-corrected chi connectivity index (χ1v) is 7.96. The third-order valence-corrected chi connectivity index (χ3v) is 4.01. The molecule has 1 aliphatic heterocycles. The molecule has 2 rings (SSSR count). The van der Waals surface area contributed by atoms with Crippen molar-refractivity contribution in [3.05, 3.63) is 35.9 Å². The first-order valence-electron chi connectivity index (χ1n) is 7.96. The van der Waals surface area contributed by atoms with E-state index in [2.05, 4.69) is 10.7 Å². The average Bonchev–Trinajstić information content (AvgIpc) is 2.76. The summed E-state index contributed by atoms with van der Waals surface area (Å²) in [5, 5.41) is 3.49. The number of unbranched alkanes of at least 4 members (excludes halogenated alkanes) is 1. The van der Waals surface area contributed by atoms with Crippen molar-refractivity contribution in [3.8, 4) is 0 Å². The molecule has 1 heterocycles. The average molecular weight is 317 g/mol. The number of urea groups is 1. The molecule has 0 saturated carbocycles. The maximum atomic E-state index is 12.5. The van der Waals surface area contributed by atoms with Gasteiger partial charge in [-0.3, -0.25) is 15.0 Å². The van der Waals surface area contributed by atoms with Gasteiger partial charge < -0.3 is 5.32 Å². The lowest BCUT2D eigenvalue weighted by Gasteiger charge is -2.21. The van der Waals surface area contributed by atoms with Crippen LogP contribution in [-0.2, 0) is 16.0 Å². The minimum atomic E-state index is -0.995. The number of hydrogen-bond acceptors (Lipinski definition) is 3. The normalized spacial score (nSPS) is 20.5. The number of nitrogens with one attached hydrogen (secondary N) is 2. The summed E-state index contributed by atoms with van der Waals surface area (Å²) >= 11 is 0. The van der Waals surface area contributed by atoms with Gasteiger partial charge in [-0.2, -0.15) is 5.01 Å². The van der Waals surface area contributed by atoms with Gasteiger partial charge >= 0.3 is 6.03 Å². The quantitative estimate of drug-likeness (QED) is 0.756. The zero-order chi connectivity index (χ0) is 16.9. The van der Waals surface area contributed by atoms with Crippen LogP contribution in [0.3, 0.4) is 0 Å². The lowest BCUT2D eigenvalue weighted by atomic mass is 9.93. The molecule has 0 aromatic heterocycles. The highest BCUT2D eigenvalue weighted by molar-refractivity contribution is 6.07. The van der Waals surface area contributed by atoms with E-state index in [1.54, 1.807) is 6.92 Å². The van der Waals surface area contributed by atoms with Crippen LogP contribution in [0.4, 0.5) is 4.79 Å². The van der Waals surface area contributed by atoms with E-state index >= 15 is 0 Å². The number of rotatable bonds is 7. The largest absolute Gasteiger partial charge is 0.344 e. The fraction of sp³-hybridized carbons (Fsp3) is 0.471. The van der Waals surface area contributed by atoms with Crippen molar-refractivity contribution in [3.63, 3.8) is 0 Å². The Balaban J connectivity index is 1.97. The molecule has 0 bridgehead atoms. The Morgan fingerprint density at radius 1 is 1.26 bits per heavy atom. The van der Waals surface area contributed by atoms with Crippen LogP contribution in [0.5, 0.6) is 0 Å². The van der Waals surface area contributed by atoms with Crippen molar-refractivity contribution < 1.29 is 14.4 Å². The number of nitrogens with zero attached hydrogens (tertiary/aromatic N) is 1. The molecule has 1 unspecified atom stereocenters. The summed E-state index contributed by atoms with van der Waals surface area (Å²) in [4.78, 5) is 36.3. The highest BCUT2D eigenvalue weighted by Gasteiger charge is 2.48. The van der Waals surface area contributed by atoms with Gasteiger partial charge in [-0.05, 0) is 31.7 Å². The van der Waals surface area contributed by atoms with Crippen molar-refractivity contribution in [2.24, 2.45) is 0 Å². The van der Waals surface area contributed by atoms with Gasteiger partial charge in [0.15, 0.2) is 0 Å². The highest BCUT2D eigenvalue weighted by Crippen LogP contribution is 2.22. The van der Waals surface area contributed by atoms with Crippen LogP contribution >= 0.6 is 0 Å². The monoisotopic (exact) mass is 317 g/mol. The second-order valence-corrected chi connectivity index (χ2v) is 6.03. The second-order valence-electron chi connectivity index (χ2n) is 6.03. The van der Waals surface area contributed by atoms with Gasteiger partial charge in [0.1, 0.15) is 5.54 Å². The molecule has 1 aliphatic rings. The van der Waals surface area contributed by atoms with Crippen molar-refractivity contribution in [1.82, 2.24) is 15.8 Å². The SMILES string of the molecule is CCCCC(=O)NN1C(=O)NC(C)(CCc2ccccc2)C1=O. The summed E-state index contributed by atoms with van der Waals surface area (Å²) in [6, 6.07) is 9.20. The van der Waals surface area contributed by atoms with E-state index in [-0.39, 0.29) is 5.91 Å². The van der Waals surface area contributed by atoms with Crippen LogP contribution < -0.4 is 10.7 Å². The van der Waals surface area contributed by atoms with Crippen molar-refractivity contribution in [2.45, 2.75) is 51.5 Å². The molecule has 1 aromatic carbocycles. The van der Waals surface area contributed by atoms with Crippen molar-refractivity contribution in [1.29, 1.82) is 0 Å². The molecule has 1 saturated heterocycles. The number of aryl methyl sites for hydroxylation is 1. The van der Waals surface area contributed by atoms with Crippen LogP contribution in [0.2, 0.25) is 0 Å². The number of hydrogen-bond donors (Lipinski definition) is 2. The molecule has 1 atom stereocenters. The molecule has 6 nitrogen and oxygen atoms in total. The summed E-state index contributed by atoms with van der Waals surface area (Å²) in [7, 11) is 0. The van der Waals surface area contributed by atoms with Crippen LogP contribution in [-0.4, -0.2) is 28.4 Å². The molecule has 0 spiro atoms.